The molecule has 0 spiro atoms. The van der Waals surface area contributed by atoms with E-state index in [1.807, 2.05) is 25.1 Å². The van der Waals surface area contributed by atoms with Crippen molar-refractivity contribution in [2.24, 2.45) is 5.92 Å². The number of likely N-dealkylation sites (N-methyl/N-ethyl adjacent to an activating group) is 1. The fourth-order valence-electron chi connectivity index (χ4n) is 3.81. The average Bonchev–Trinajstić information content (AvgIpc) is 2.80. The second-order valence-electron chi connectivity index (χ2n) is 8.88. The molecule has 2 aromatic rings. The van der Waals surface area contributed by atoms with Gasteiger partial charge in [-0.05, 0) is 37.3 Å². The molecule has 3 atom stereocenters. The molecule has 0 bridgehead atoms. The van der Waals surface area contributed by atoms with Crippen molar-refractivity contribution in [2.75, 3.05) is 43.0 Å². The molecule has 0 saturated carbocycles. The van der Waals surface area contributed by atoms with Crippen molar-refractivity contribution in [3.63, 3.8) is 0 Å². The lowest BCUT2D eigenvalue weighted by Crippen LogP contribution is -2.50. The zero-order valence-electron chi connectivity index (χ0n) is 20.3. The Morgan fingerprint density at radius 3 is 2.54 bits per heavy atom. The monoisotopic (exact) mass is 504 g/mol. The Morgan fingerprint density at radius 2 is 1.91 bits per heavy atom. The Balaban J connectivity index is 1.89. The maximum absolute atomic E-state index is 13.4. The highest BCUT2D eigenvalue weighted by Crippen LogP contribution is 2.31. The number of hydrogen-bond acceptors (Lipinski definition) is 6. The number of aliphatic hydroxyl groups excluding tert-OH is 1. The minimum Gasteiger partial charge on any atom is -0.487 e. The topological polar surface area (TPSA) is 128 Å². The van der Waals surface area contributed by atoms with E-state index in [-0.39, 0.29) is 54.6 Å². The van der Waals surface area contributed by atoms with Crippen LogP contribution in [0, 0.1) is 5.92 Å². The van der Waals surface area contributed by atoms with Gasteiger partial charge in [-0.1, -0.05) is 25.1 Å². The maximum Gasteiger partial charge on any atom is 0.321 e. The van der Waals surface area contributed by atoms with Gasteiger partial charge in [0.25, 0.3) is 5.91 Å². The normalized spacial score (nSPS) is 19.0. The van der Waals surface area contributed by atoms with Crippen molar-refractivity contribution in [1.82, 2.24) is 9.80 Å². The summed E-state index contributed by atoms with van der Waals surface area (Å²) < 4.78 is 32.0. The molecule has 3 amide bonds. The molecular weight excluding hydrogens is 472 g/mol. The number of aliphatic hydroxyl groups is 1. The molecule has 0 radical (unpaired) electrons. The summed E-state index contributed by atoms with van der Waals surface area (Å²) in [5.74, 6) is -0.279. The number of urea groups is 1. The molecule has 0 fully saturated rings. The van der Waals surface area contributed by atoms with E-state index >= 15 is 0 Å². The summed E-state index contributed by atoms with van der Waals surface area (Å²) in [5, 5.41) is 12.6. The first kappa shape index (κ1) is 26.3. The van der Waals surface area contributed by atoms with Crippen LogP contribution in [0.25, 0.3) is 0 Å². The number of carbonyl (C=O) groups excluding carboxylic acids is 2. The lowest BCUT2D eigenvalue weighted by molar-refractivity contribution is 0.0371. The van der Waals surface area contributed by atoms with Crippen LogP contribution in [0.15, 0.2) is 48.5 Å². The van der Waals surface area contributed by atoms with Crippen molar-refractivity contribution < 1.29 is 27.9 Å². The van der Waals surface area contributed by atoms with E-state index in [9.17, 15) is 23.1 Å². The molecule has 1 aliphatic heterocycles. The van der Waals surface area contributed by atoms with Crippen LogP contribution in [0.3, 0.4) is 0 Å². The molecule has 35 heavy (non-hydrogen) atoms. The Labute approximate surface area is 205 Å². The standard InChI is InChI=1S/C24H32N4O6S/c1-16-13-28(17(2)15-29)23(30)20-12-19(26-35(4,32)33)10-11-21(20)34-22(16)14-27(3)24(31)25-18-8-6-5-7-9-18/h5-12,16-17,22,26,29H,13-15H2,1-4H3,(H,25,31)/t16-,17+,22+/m1/s1. The number of ether oxygens (including phenoxy) is 1. The highest BCUT2D eigenvalue weighted by molar-refractivity contribution is 7.92. The van der Waals surface area contributed by atoms with Crippen LogP contribution in [0.4, 0.5) is 16.2 Å². The Kier molecular flexibility index (Phi) is 8.23. The van der Waals surface area contributed by atoms with Gasteiger partial charge in [-0.15, -0.1) is 0 Å². The van der Waals surface area contributed by atoms with Crippen LogP contribution in [-0.4, -0.2) is 80.4 Å². The zero-order chi connectivity index (χ0) is 25.8. The van der Waals surface area contributed by atoms with Gasteiger partial charge in [0.1, 0.15) is 11.9 Å². The number of hydrogen-bond donors (Lipinski definition) is 3. The fourth-order valence-corrected chi connectivity index (χ4v) is 4.37. The van der Waals surface area contributed by atoms with Crippen molar-refractivity contribution in [3.8, 4) is 5.75 Å². The summed E-state index contributed by atoms with van der Waals surface area (Å²) in [7, 11) is -1.89. The van der Waals surface area contributed by atoms with E-state index in [2.05, 4.69) is 10.0 Å². The van der Waals surface area contributed by atoms with Gasteiger partial charge < -0.3 is 25.0 Å². The zero-order valence-corrected chi connectivity index (χ0v) is 21.1. The number of carbonyl (C=O) groups is 2. The molecule has 3 rings (SSSR count). The number of benzene rings is 2. The smallest absolute Gasteiger partial charge is 0.321 e. The maximum atomic E-state index is 13.4. The SMILES string of the molecule is C[C@@H]1CN([C@@H](C)CO)C(=O)c2cc(NS(C)(=O)=O)ccc2O[C@H]1CN(C)C(=O)Nc1ccccc1. The van der Waals surface area contributed by atoms with E-state index in [1.54, 1.807) is 31.0 Å². The van der Waals surface area contributed by atoms with Gasteiger partial charge in [0.05, 0.1) is 31.0 Å². The molecule has 0 aliphatic carbocycles. The van der Waals surface area contributed by atoms with E-state index in [0.29, 0.717) is 5.69 Å². The van der Waals surface area contributed by atoms with Crippen LogP contribution < -0.4 is 14.8 Å². The second-order valence-corrected chi connectivity index (χ2v) is 10.6. The number of rotatable bonds is 7. The predicted molar refractivity (Wildman–Crippen MR) is 134 cm³/mol. The van der Waals surface area contributed by atoms with Gasteiger partial charge >= 0.3 is 6.03 Å². The van der Waals surface area contributed by atoms with Crippen molar-refractivity contribution in [1.29, 1.82) is 0 Å². The number of para-hydroxylation sites is 1. The minimum absolute atomic E-state index is 0.173. The molecule has 0 saturated heterocycles. The van der Waals surface area contributed by atoms with Gasteiger partial charge in [0.2, 0.25) is 10.0 Å². The highest BCUT2D eigenvalue weighted by Gasteiger charge is 2.34. The lowest BCUT2D eigenvalue weighted by Gasteiger charge is -2.38. The Bertz CT molecular complexity index is 1160. The summed E-state index contributed by atoms with van der Waals surface area (Å²) in [5.41, 5.74) is 1.07. The lowest BCUT2D eigenvalue weighted by atomic mass is 9.99. The number of amides is 3. The van der Waals surface area contributed by atoms with E-state index in [0.717, 1.165) is 6.26 Å². The summed E-state index contributed by atoms with van der Waals surface area (Å²) in [6, 6.07) is 12.8. The van der Waals surface area contributed by atoms with Crippen LogP contribution in [0.2, 0.25) is 0 Å². The van der Waals surface area contributed by atoms with Crippen LogP contribution in [0.1, 0.15) is 24.2 Å². The summed E-state index contributed by atoms with van der Waals surface area (Å²) in [4.78, 5) is 29.2. The molecule has 10 nitrogen and oxygen atoms in total. The number of anilines is 2. The van der Waals surface area contributed by atoms with Crippen molar-refractivity contribution >= 4 is 33.3 Å². The summed E-state index contributed by atoms with van der Waals surface area (Å²) >= 11 is 0. The van der Waals surface area contributed by atoms with Crippen LogP contribution >= 0.6 is 0 Å². The van der Waals surface area contributed by atoms with Gasteiger partial charge in [0.15, 0.2) is 0 Å². The third-order valence-electron chi connectivity index (χ3n) is 5.79. The van der Waals surface area contributed by atoms with E-state index in [4.69, 9.17) is 4.74 Å². The van der Waals surface area contributed by atoms with E-state index < -0.39 is 22.2 Å². The number of sulfonamides is 1. The first-order chi connectivity index (χ1) is 16.5. The van der Waals surface area contributed by atoms with Crippen LogP contribution in [0.5, 0.6) is 5.75 Å². The summed E-state index contributed by atoms with van der Waals surface area (Å²) in [6.45, 7) is 3.93. The molecule has 0 aromatic heterocycles. The fraction of sp³-hybridized carbons (Fsp3) is 0.417. The third kappa shape index (κ3) is 6.86. The molecule has 0 unspecified atom stereocenters. The summed E-state index contributed by atoms with van der Waals surface area (Å²) in [6.07, 6.45) is 0.548. The Morgan fingerprint density at radius 1 is 1.23 bits per heavy atom. The molecule has 1 aliphatic rings. The van der Waals surface area contributed by atoms with Gasteiger partial charge in [-0.3, -0.25) is 9.52 Å². The average molecular weight is 505 g/mol. The Hall–Kier alpha value is -3.31. The highest BCUT2D eigenvalue weighted by atomic mass is 32.2. The second kappa shape index (κ2) is 11.0. The largest absolute Gasteiger partial charge is 0.487 e. The molecule has 2 aromatic carbocycles. The molecular formula is C24H32N4O6S. The number of nitrogens with zero attached hydrogens (tertiary/aromatic N) is 2. The molecule has 3 N–H and O–H groups in total. The quantitative estimate of drug-likeness (QED) is 0.531. The predicted octanol–water partition coefficient (Wildman–Crippen LogP) is 2.44. The third-order valence-corrected chi connectivity index (χ3v) is 6.40. The van der Waals surface area contributed by atoms with E-state index in [1.165, 1.54) is 23.1 Å². The van der Waals surface area contributed by atoms with Crippen LogP contribution in [-0.2, 0) is 10.0 Å². The minimum atomic E-state index is -3.55. The number of nitrogens with one attached hydrogen (secondary N) is 2. The van der Waals surface area contributed by atoms with Crippen molar-refractivity contribution in [3.05, 3.63) is 54.1 Å². The first-order valence-electron chi connectivity index (χ1n) is 11.3. The van der Waals surface area contributed by atoms with Gasteiger partial charge in [-0.25, -0.2) is 13.2 Å². The molecule has 1 heterocycles. The van der Waals surface area contributed by atoms with Gasteiger partial charge in [0, 0.05) is 30.9 Å². The molecule has 190 valence electrons. The number of fused-ring (bicyclic) bond motifs is 1. The molecule has 11 heteroatoms. The first-order valence-corrected chi connectivity index (χ1v) is 13.1. The van der Waals surface area contributed by atoms with Crippen molar-refractivity contribution in [2.45, 2.75) is 26.0 Å². The van der Waals surface area contributed by atoms with Gasteiger partial charge in [-0.2, -0.15) is 0 Å².